The van der Waals surface area contributed by atoms with E-state index >= 15 is 0 Å². The van der Waals surface area contributed by atoms with Crippen molar-refractivity contribution in [3.8, 4) is 5.75 Å². The van der Waals surface area contributed by atoms with Crippen LogP contribution < -0.4 is 9.46 Å². The maximum atomic E-state index is 13.5. The van der Waals surface area contributed by atoms with Crippen molar-refractivity contribution in [1.82, 2.24) is 4.72 Å². The van der Waals surface area contributed by atoms with E-state index in [2.05, 4.69) is 4.72 Å². The molecule has 0 aliphatic rings. The second kappa shape index (κ2) is 7.57. The summed E-state index contributed by atoms with van der Waals surface area (Å²) in [6.07, 6.45) is 0. The molecule has 6 heteroatoms. The Morgan fingerprint density at radius 2 is 1.87 bits per heavy atom. The highest BCUT2D eigenvalue weighted by molar-refractivity contribution is 7.88. The van der Waals surface area contributed by atoms with Gasteiger partial charge in [0.15, 0.2) is 0 Å². The van der Waals surface area contributed by atoms with E-state index < -0.39 is 15.8 Å². The average Bonchev–Trinajstić information content (AvgIpc) is 2.47. The zero-order valence-electron chi connectivity index (χ0n) is 13.2. The van der Waals surface area contributed by atoms with Gasteiger partial charge < -0.3 is 4.74 Å². The highest BCUT2D eigenvalue weighted by atomic mass is 32.2. The molecule has 0 heterocycles. The molecule has 4 nitrogen and oxygen atoms in total. The molecule has 23 heavy (non-hydrogen) atoms. The van der Waals surface area contributed by atoms with E-state index in [1.165, 1.54) is 18.2 Å². The summed E-state index contributed by atoms with van der Waals surface area (Å²) in [7, 11) is -3.60. The van der Waals surface area contributed by atoms with Gasteiger partial charge in [-0.1, -0.05) is 35.9 Å². The number of benzene rings is 2. The van der Waals surface area contributed by atoms with E-state index in [0.29, 0.717) is 0 Å². The van der Waals surface area contributed by atoms with Crippen molar-refractivity contribution >= 4 is 10.0 Å². The lowest BCUT2D eigenvalue weighted by Crippen LogP contribution is -2.29. The van der Waals surface area contributed by atoms with E-state index in [1.54, 1.807) is 6.07 Å². The van der Waals surface area contributed by atoms with Gasteiger partial charge in [0.05, 0.1) is 5.75 Å². The molecule has 0 aliphatic carbocycles. The first-order chi connectivity index (χ1) is 10.9. The fourth-order valence-electron chi connectivity index (χ4n) is 2.19. The Hall–Kier alpha value is -1.92. The topological polar surface area (TPSA) is 55.4 Å². The highest BCUT2D eigenvalue weighted by Gasteiger charge is 2.13. The smallest absolute Gasteiger partial charge is 0.216 e. The molecule has 124 valence electrons. The maximum absolute atomic E-state index is 13.5. The van der Waals surface area contributed by atoms with Gasteiger partial charge in [-0.2, -0.15) is 0 Å². The monoisotopic (exact) mass is 337 g/mol. The molecule has 1 N–H and O–H groups in total. The SMILES string of the molecule is Cc1ccc(OCCNS(=O)(=O)Cc2ccccc2F)c(C)c1. The lowest BCUT2D eigenvalue weighted by atomic mass is 10.1. The van der Waals surface area contributed by atoms with Gasteiger partial charge in [0.2, 0.25) is 10.0 Å². The first kappa shape index (κ1) is 17.4. The first-order valence-corrected chi connectivity index (χ1v) is 8.93. The summed E-state index contributed by atoms with van der Waals surface area (Å²) in [4.78, 5) is 0. The number of aryl methyl sites for hydroxylation is 2. The Balaban J connectivity index is 1.84. The standard InChI is InChI=1S/C17H20FNO3S/c1-13-7-8-17(14(2)11-13)22-10-9-19-23(20,21)12-15-5-3-4-6-16(15)18/h3-8,11,19H,9-10,12H2,1-2H3. The molecule has 0 saturated heterocycles. The van der Waals surface area contributed by atoms with Crippen LogP contribution in [0.15, 0.2) is 42.5 Å². The van der Waals surface area contributed by atoms with Crippen molar-refractivity contribution in [2.24, 2.45) is 0 Å². The molecular weight excluding hydrogens is 317 g/mol. The van der Waals surface area contributed by atoms with Gasteiger partial charge in [-0.3, -0.25) is 0 Å². The highest BCUT2D eigenvalue weighted by Crippen LogP contribution is 2.18. The molecular formula is C17H20FNO3S. The summed E-state index contributed by atoms with van der Waals surface area (Å²) in [5.41, 5.74) is 2.29. The minimum Gasteiger partial charge on any atom is -0.492 e. The Labute approximate surface area is 136 Å². The van der Waals surface area contributed by atoms with Gasteiger partial charge >= 0.3 is 0 Å². The summed E-state index contributed by atoms with van der Waals surface area (Å²) in [5.74, 6) is -0.184. The fourth-order valence-corrected chi connectivity index (χ4v) is 3.33. The summed E-state index contributed by atoms with van der Waals surface area (Å²) in [6.45, 7) is 4.27. The number of nitrogens with one attached hydrogen (secondary N) is 1. The molecule has 2 aromatic carbocycles. The third-order valence-corrected chi connectivity index (χ3v) is 4.65. The van der Waals surface area contributed by atoms with Crippen LogP contribution in [0.5, 0.6) is 5.75 Å². The minimum atomic E-state index is -3.60. The molecule has 0 aromatic heterocycles. The predicted molar refractivity (Wildman–Crippen MR) is 88.4 cm³/mol. The van der Waals surface area contributed by atoms with Crippen LogP contribution in [0.4, 0.5) is 4.39 Å². The van der Waals surface area contributed by atoms with Crippen LogP contribution in [0.2, 0.25) is 0 Å². The second-order valence-electron chi connectivity index (χ2n) is 5.36. The Bertz CT molecular complexity index is 775. The molecule has 2 rings (SSSR count). The van der Waals surface area contributed by atoms with Crippen molar-refractivity contribution in [3.05, 3.63) is 65.0 Å². The van der Waals surface area contributed by atoms with Crippen LogP contribution >= 0.6 is 0 Å². The van der Waals surface area contributed by atoms with Crippen LogP contribution in [0.3, 0.4) is 0 Å². The molecule has 0 saturated carbocycles. The maximum Gasteiger partial charge on any atom is 0.216 e. The van der Waals surface area contributed by atoms with E-state index in [1.807, 2.05) is 32.0 Å². The number of sulfonamides is 1. The third-order valence-electron chi connectivity index (χ3n) is 3.32. The van der Waals surface area contributed by atoms with Gasteiger partial charge in [0, 0.05) is 12.1 Å². The van der Waals surface area contributed by atoms with Gasteiger partial charge in [0.1, 0.15) is 18.2 Å². The van der Waals surface area contributed by atoms with Crippen LogP contribution in [0.1, 0.15) is 16.7 Å². The molecule has 0 fully saturated rings. The zero-order valence-corrected chi connectivity index (χ0v) is 14.0. The van der Waals surface area contributed by atoms with E-state index in [-0.39, 0.29) is 24.5 Å². The quantitative estimate of drug-likeness (QED) is 0.790. The molecule has 0 atom stereocenters. The fraction of sp³-hybridized carbons (Fsp3) is 0.294. The number of hydrogen-bond donors (Lipinski definition) is 1. The Kier molecular flexibility index (Phi) is 5.74. The molecule has 0 unspecified atom stereocenters. The predicted octanol–water partition coefficient (Wildman–Crippen LogP) is 2.94. The van der Waals surface area contributed by atoms with Crippen LogP contribution in [0, 0.1) is 19.7 Å². The van der Waals surface area contributed by atoms with Crippen molar-refractivity contribution in [2.45, 2.75) is 19.6 Å². The van der Waals surface area contributed by atoms with Gasteiger partial charge in [-0.15, -0.1) is 0 Å². The third kappa shape index (κ3) is 5.33. The van der Waals surface area contributed by atoms with Gasteiger partial charge in [-0.25, -0.2) is 17.5 Å². The number of halogens is 1. The summed E-state index contributed by atoms with van der Waals surface area (Å²) in [6, 6.07) is 11.6. The zero-order chi connectivity index (χ0) is 16.9. The summed E-state index contributed by atoms with van der Waals surface area (Å²) >= 11 is 0. The number of hydrogen-bond acceptors (Lipinski definition) is 3. The Morgan fingerprint density at radius 3 is 2.57 bits per heavy atom. The van der Waals surface area contributed by atoms with Crippen molar-refractivity contribution < 1.29 is 17.5 Å². The minimum absolute atomic E-state index is 0.129. The molecule has 0 amide bonds. The van der Waals surface area contributed by atoms with Crippen LogP contribution in [-0.4, -0.2) is 21.6 Å². The average molecular weight is 337 g/mol. The summed E-state index contributed by atoms with van der Waals surface area (Å²) in [5, 5.41) is 0. The first-order valence-electron chi connectivity index (χ1n) is 7.28. The molecule has 0 aliphatic heterocycles. The lowest BCUT2D eigenvalue weighted by molar-refractivity contribution is 0.320. The number of rotatable bonds is 7. The van der Waals surface area contributed by atoms with E-state index in [0.717, 1.165) is 16.9 Å². The van der Waals surface area contributed by atoms with E-state index in [9.17, 15) is 12.8 Å². The largest absolute Gasteiger partial charge is 0.492 e. The summed E-state index contributed by atoms with van der Waals surface area (Å²) < 4.78 is 45.3. The van der Waals surface area contributed by atoms with Crippen LogP contribution in [-0.2, 0) is 15.8 Å². The van der Waals surface area contributed by atoms with Crippen molar-refractivity contribution in [2.75, 3.05) is 13.2 Å². The molecule has 0 bridgehead atoms. The second-order valence-corrected chi connectivity index (χ2v) is 7.17. The Morgan fingerprint density at radius 1 is 1.13 bits per heavy atom. The van der Waals surface area contributed by atoms with Crippen molar-refractivity contribution in [1.29, 1.82) is 0 Å². The van der Waals surface area contributed by atoms with Gasteiger partial charge in [-0.05, 0) is 31.5 Å². The van der Waals surface area contributed by atoms with E-state index in [4.69, 9.17) is 4.74 Å². The molecule has 0 spiro atoms. The lowest BCUT2D eigenvalue weighted by Gasteiger charge is -2.11. The molecule has 0 radical (unpaired) electrons. The van der Waals surface area contributed by atoms with Crippen LogP contribution in [0.25, 0.3) is 0 Å². The normalized spacial score (nSPS) is 11.4. The number of ether oxygens (including phenoxy) is 1. The van der Waals surface area contributed by atoms with Crippen molar-refractivity contribution in [3.63, 3.8) is 0 Å². The van der Waals surface area contributed by atoms with Gasteiger partial charge in [0.25, 0.3) is 0 Å². The molecule has 2 aromatic rings.